The summed E-state index contributed by atoms with van der Waals surface area (Å²) in [5, 5.41) is 0. The average molecular weight is 149 g/mol. The smallest absolute Gasteiger partial charge is 0.250 e. The Morgan fingerprint density at radius 3 is 2.60 bits per heavy atom. The summed E-state index contributed by atoms with van der Waals surface area (Å²) >= 11 is 0. The van der Waals surface area contributed by atoms with Gasteiger partial charge in [0.1, 0.15) is 5.78 Å². The zero-order chi connectivity index (χ0) is 7.78. The molecule has 0 aliphatic heterocycles. The number of nitrogens with two attached hydrogens (primary N) is 1. The van der Waals surface area contributed by atoms with Crippen molar-refractivity contribution in [1.82, 2.24) is 0 Å². The lowest BCUT2D eigenvalue weighted by molar-refractivity contribution is -0.130. The number of hydrogen-bond acceptors (Lipinski definition) is 2. The van der Waals surface area contributed by atoms with Gasteiger partial charge < -0.3 is 5.73 Å². The molecule has 1 aliphatic carbocycles. The Kier molecular flexibility index (Phi) is 1.72. The van der Waals surface area contributed by atoms with E-state index in [0.29, 0.717) is 0 Å². The van der Waals surface area contributed by atoms with Gasteiger partial charge >= 0.3 is 0 Å². The minimum Gasteiger partial charge on any atom is -0.321 e. The highest BCUT2D eigenvalue weighted by molar-refractivity contribution is 5.84. The van der Waals surface area contributed by atoms with E-state index in [1.807, 2.05) is 0 Å². The van der Waals surface area contributed by atoms with Crippen molar-refractivity contribution in [3.8, 4) is 0 Å². The molecular weight excluding hydrogens is 140 g/mol. The van der Waals surface area contributed by atoms with Crippen molar-refractivity contribution in [3.05, 3.63) is 0 Å². The predicted octanol–water partition coefficient (Wildman–Crippen LogP) is 0.702. The molecule has 0 aromatic rings. The lowest BCUT2D eigenvalue weighted by Crippen LogP contribution is -2.41. The van der Waals surface area contributed by atoms with Gasteiger partial charge in [-0.15, -0.1) is 0 Å². The molecule has 0 saturated heterocycles. The van der Waals surface area contributed by atoms with Crippen LogP contribution in [0.15, 0.2) is 0 Å². The van der Waals surface area contributed by atoms with E-state index in [9.17, 15) is 13.6 Å². The van der Waals surface area contributed by atoms with Gasteiger partial charge in [0, 0.05) is 19.3 Å². The molecule has 0 aromatic heterocycles. The molecule has 2 N–H and O–H groups in total. The van der Waals surface area contributed by atoms with Crippen molar-refractivity contribution in [2.75, 3.05) is 0 Å². The fourth-order valence-electron chi connectivity index (χ4n) is 1.03. The highest BCUT2D eigenvalue weighted by Gasteiger charge is 2.38. The molecule has 0 radical (unpaired) electrons. The van der Waals surface area contributed by atoms with Crippen LogP contribution < -0.4 is 5.73 Å². The van der Waals surface area contributed by atoms with Crippen molar-refractivity contribution >= 4 is 5.78 Å². The quantitative estimate of drug-likeness (QED) is 0.551. The monoisotopic (exact) mass is 149 g/mol. The number of carbonyl (C=O) groups excluding carboxylic acids is 1. The lowest BCUT2D eigenvalue weighted by atomic mass is 9.92. The largest absolute Gasteiger partial charge is 0.321 e. The number of Topliss-reactive ketones (excluding diaryl/α,β-unsaturated/α-hetero) is 1. The second-order valence-corrected chi connectivity index (χ2v) is 2.63. The van der Waals surface area contributed by atoms with Crippen molar-refractivity contribution < 1.29 is 13.6 Å². The summed E-state index contributed by atoms with van der Waals surface area (Å²) in [7, 11) is 0. The first-order valence-corrected chi connectivity index (χ1v) is 3.17. The number of halogens is 2. The Labute approximate surface area is 57.4 Å². The molecular formula is C6H9F2NO. The molecule has 0 amide bonds. The molecule has 1 fully saturated rings. The molecule has 1 saturated carbocycles. The molecule has 1 rings (SSSR count). The highest BCUT2D eigenvalue weighted by Crippen LogP contribution is 2.30. The van der Waals surface area contributed by atoms with Crippen LogP contribution in [0, 0.1) is 0 Å². The summed E-state index contributed by atoms with van der Waals surface area (Å²) in [6.45, 7) is 0. The molecule has 2 nitrogen and oxygen atoms in total. The van der Waals surface area contributed by atoms with Crippen LogP contribution in [0.4, 0.5) is 8.78 Å². The number of ketones is 1. The van der Waals surface area contributed by atoms with Gasteiger partial charge in [-0.1, -0.05) is 0 Å². The highest BCUT2D eigenvalue weighted by atomic mass is 19.3. The maximum Gasteiger partial charge on any atom is 0.250 e. The topological polar surface area (TPSA) is 43.1 Å². The van der Waals surface area contributed by atoms with Gasteiger partial charge in [0.05, 0.1) is 6.04 Å². The van der Waals surface area contributed by atoms with Gasteiger partial charge in [0.2, 0.25) is 0 Å². The van der Waals surface area contributed by atoms with Gasteiger partial charge in [-0.05, 0) is 0 Å². The summed E-state index contributed by atoms with van der Waals surface area (Å²) in [5.74, 6) is -2.96. The van der Waals surface area contributed by atoms with Gasteiger partial charge in [-0.3, -0.25) is 4.79 Å². The van der Waals surface area contributed by atoms with Crippen molar-refractivity contribution in [3.63, 3.8) is 0 Å². The summed E-state index contributed by atoms with van der Waals surface area (Å²) in [6.07, 6.45) is -0.889. The molecule has 0 aromatic carbocycles. The fraction of sp³-hybridized carbons (Fsp3) is 0.833. The van der Waals surface area contributed by atoms with Gasteiger partial charge in [0.15, 0.2) is 0 Å². The van der Waals surface area contributed by atoms with E-state index >= 15 is 0 Å². The van der Waals surface area contributed by atoms with Crippen LogP contribution >= 0.6 is 0 Å². The van der Waals surface area contributed by atoms with E-state index < -0.39 is 18.4 Å². The van der Waals surface area contributed by atoms with E-state index in [0.717, 1.165) is 0 Å². The number of hydrogen-bond donors (Lipinski definition) is 1. The summed E-state index contributed by atoms with van der Waals surface area (Å²) in [4.78, 5) is 10.6. The second-order valence-electron chi connectivity index (χ2n) is 2.63. The summed E-state index contributed by atoms with van der Waals surface area (Å²) in [6, 6.07) is -0.941. The van der Waals surface area contributed by atoms with E-state index in [-0.39, 0.29) is 18.6 Å². The van der Waals surface area contributed by atoms with Crippen LogP contribution in [-0.4, -0.2) is 17.7 Å². The Morgan fingerprint density at radius 2 is 2.20 bits per heavy atom. The molecule has 10 heavy (non-hydrogen) atoms. The summed E-state index contributed by atoms with van der Waals surface area (Å²) in [5.41, 5.74) is 5.12. The molecule has 0 unspecified atom stereocenters. The third kappa shape index (κ3) is 1.50. The normalized spacial score (nSPS) is 32.3. The molecule has 0 heterocycles. The van der Waals surface area contributed by atoms with E-state index in [4.69, 9.17) is 5.73 Å². The van der Waals surface area contributed by atoms with Crippen LogP contribution in [-0.2, 0) is 4.79 Å². The van der Waals surface area contributed by atoms with Gasteiger partial charge in [0.25, 0.3) is 5.92 Å². The Morgan fingerprint density at radius 1 is 1.60 bits per heavy atom. The van der Waals surface area contributed by atoms with Gasteiger partial charge in [-0.25, -0.2) is 8.78 Å². The molecule has 1 atom stereocenters. The first-order valence-electron chi connectivity index (χ1n) is 3.17. The maximum absolute atomic E-state index is 12.4. The van der Waals surface area contributed by atoms with Crippen LogP contribution in [0.1, 0.15) is 19.3 Å². The van der Waals surface area contributed by atoms with Crippen LogP contribution in [0.25, 0.3) is 0 Å². The SMILES string of the molecule is N[C@@H]1CC(F)(F)CCC1=O. The average Bonchev–Trinajstić information content (AvgIpc) is 1.79. The van der Waals surface area contributed by atoms with Crippen molar-refractivity contribution in [2.45, 2.75) is 31.2 Å². The molecule has 0 spiro atoms. The third-order valence-electron chi connectivity index (χ3n) is 1.67. The summed E-state index contributed by atoms with van der Waals surface area (Å²) < 4.78 is 24.8. The Hall–Kier alpha value is -0.510. The van der Waals surface area contributed by atoms with Crippen molar-refractivity contribution in [2.24, 2.45) is 5.73 Å². The zero-order valence-corrected chi connectivity index (χ0v) is 5.44. The van der Waals surface area contributed by atoms with E-state index in [1.165, 1.54) is 0 Å². The minimum atomic E-state index is -2.71. The van der Waals surface area contributed by atoms with Crippen LogP contribution in [0.5, 0.6) is 0 Å². The first kappa shape index (κ1) is 7.60. The van der Waals surface area contributed by atoms with Gasteiger partial charge in [-0.2, -0.15) is 0 Å². The second kappa shape index (κ2) is 2.27. The Balaban J connectivity index is 2.57. The predicted molar refractivity (Wildman–Crippen MR) is 31.8 cm³/mol. The standard InChI is InChI=1S/C6H9F2NO/c7-6(8)2-1-5(10)4(9)3-6/h4H,1-3,9H2/t4-/m1/s1. The number of carbonyl (C=O) groups is 1. The van der Waals surface area contributed by atoms with Crippen LogP contribution in [0.3, 0.4) is 0 Å². The number of alkyl halides is 2. The van der Waals surface area contributed by atoms with Crippen molar-refractivity contribution in [1.29, 1.82) is 0 Å². The maximum atomic E-state index is 12.4. The van der Waals surface area contributed by atoms with E-state index in [1.54, 1.807) is 0 Å². The van der Waals surface area contributed by atoms with E-state index in [2.05, 4.69) is 0 Å². The van der Waals surface area contributed by atoms with Crippen LogP contribution in [0.2, 0.25) is 0 Å². The molecule has 4 heteroatoms. The molecule has 0 bridgehead atoms. The third-order valence-corrected chi connectivity index (χ3v) is 1.67. The number of rotatable bonds is 0. The zero-order valence-electron chi connectivity index (χ0n) is 5.44. The Bertz CT molecular complexity index is 158. The fourth-order valence-corrected chi connectivity index (χ4v) is 1.03. The molecule has 1 aliphatic rings. The lowest BCUT2D eigenvalue weighted by Gasteiger charge is -2.24. The minimum absolute atomic E-state index is 0.0752. The molecule has 58 valence electrons. The first-order chi connectivity index (χ1) is 4.51.